The van der Waals surface area contributed by atoms with E-state index in [1.165, 1.54) is 11.3 Å². The third-order valence-corrected chi connectivity index (χ3v) is 4.75. The molecule has 3 rings (SSSR count). The van der Waals surface area contributed by atoms with Crippen molar-refractivity contribution in [3.8, 4) is 5.75 Å². The number of nitrogens with zero attached hydrogens (tertiary/aromatic N) is 1. The number of benzene rings is 2. The summed E-state index contributed by atoms with van der Waals surface area (Å²) < 4.78 is 10.3. The van der Waals surface area contributed by atoms with Crippen LogP contribution in [0.15, 0.2) is 47.8 Å². The average Bonchev–Trinajstić information content (AvgIpc) is 3.17. The average molecular weight is 411 g/mol. The highest BCUT2D eigenvalue weighted by Gasteiger charge is 2.13. The maximum absolute atomic E-state index is 12.5. The number of nitrogens with one attached hydrogen (secondary N) is 2. The van der Waals surface area contributed by atoms with Crippen LogP contribution in [-0.2, 0) is 4.74 Å². The lowest BCUT2D eigenvalue weighted by molar-refractivity contribution is 0.0526. The standard InChI is InChI=1S/C21H21N3O4S/c1-4-28-20(26)14-6-8-15(9-7-14)22-19(25)17-12-29-21(24-17)23-16-11-13(2)5-10-18(16)27-3/h5-12H,4H2,1-3H3,(H,22,25)(H,23,24). The molecule has 8 heteroatoms. The van der Waals surface area contributed by atoms with Crippen LogP contribution in [0.5, 0.6) is 5.75 Å². The molecule has 1 heterocycles. The molecule has 0 saturated carbocycles. The van der Waals surface area contributed by atoms with Crippen LogP contribution in [0.3, 0.4) is 0 Å². The molecule has 0 spiro atoms. The van der Waals surface area contributed by atoms with Crippen molar-refractivity contribution in [1.82, 2.24) is 4.98 Å². The number of hydrogen-bond acceptors (Lipinski definition) is 7. The van der Waals surface area contributed by atoms with E-state index >= 15 is 0 Å². The molecular formula is C21H21N3O4S. The maximum atomic E-state index is 12.5. The van der Waals surface area contributed by atoms with E-state index in [4.69, 9.17) is 9.47 Å². The molecule has 1 aromatic heterocycles. The van der Waals surface area contributed by atoms with Gasteiger partial charge >= 0.3 is 5.97 Å². The minimum atomic E-state index is -0.396. The summed E-state index contributed by atoms with van der Waals surface area (Å²) in [6, 6.07) is 12.3. The first-order valence-corrected chi connectivity index (χ1v) is 9.84. The first kappa shape index (κ1) is 20.3. The van der Waals surface area contributed by atoms with E-state index in [2.05, 4.69) is 15.6 Å². The summed E-state index contributed by atoms with van der Waals surface area (Å²) in [6.07, 6.45) is 0. The van der Waals surface area contributed by atoms with Crippen molar-refractivity contribution in [3.05, 3.63) is 64.7 Å². The summed E-state index contributed by atoms with van der Waals surface area (Å²) in [4.78, 5) is 28.5. The molecule has 2 N–H and O–H groups in total. The summed E-state index contributed by atoms with van der Waals surface area (Å²) in [7, 11) is 1.60. The number of methoxy groups -OCH3 is 1. The number of amides is 1. The van der Waals surface area contributed by atoms with Crippen LogP contribution in [0.25, 0.3) is 0 Å². The number of carbonyl (C=O) groups is 2. The Labute approximate surface area is 172 Å². The van der Waals surface area contributed by atoms with Crippen LogP contribution in [0.4, 0.5) is 16.5 Å². The smallest absolute Gasteiger partial charge is 0.338 e. The van der Waals surface area contributed by atoms with Crippen LogP contribution in [0.1, 0.15) is 33.3 Å². The van der Waals surface area contributed by atoms with Crippen molar-refractivity contribution in [2.45, 2.75) is 13.8 Å². The number of rotatable bonds is 7. The Hall–Kier alpha value is -3.39. The zero-order valence-electron chi connectivity index (χ0n) is 16.3. The molecule has 3 aromatic rings. The van der Waals surface area contributed by atoms with Crippen LogP contribution in [0, 0.1) is 6.92 Å². The third kappa shape index (κ3) is 5.11. The molecule has 0 unspecified atom stereocenters. The molecule has 0 aliphatic heterocycles. The van der Waals surface area contributed by atoms with Crippen molar-refractivity contribution in [1.29, 1.82) is 0 Å². The first-order valence-electron chi connectivity index (χ1n) is 8.96. The zero-order chi connectivity index (χ0) is 20.8. The summed E-state index contributed by atoms with van der Waals surface area (Å²) >= 11 is 1.32. The van der Waals surface area contributed by atoms with E-state index in [9.17, 15) is 9.59 Å². The normalized spacial score (nSPS) is 10.3. The monoisotopic (exact) mass is 411 g/mol. The molecule has 1 amide bonds. The topological polar surface area (TPSA) is 89.5 Å². The highest BCUT2D eigenvalue weighted by Crippen LogP contribution is 2.30. The fraction of sp³-hybridized carbons (Fsp3) is 0.190. The lowest BCUT2D eigenvalue weighted by atomic mass is 10.2. The quantitative estimate of drug-likeness (QED) is 0.551. The van der Waals surface area contributed by atoms with Crippen molar-refractivity contribution in [2.24, 2.45) is 0 Å². The van der Waals surface area contributed by atoms with Gasteiger partial charge in [0.25, 0.3) is 5.91 Å². The fourth-order valence-corrected chi connectivity index (χ4v) is 3.27. The Morgan fingerprint density at radius 1 is 1.14 bits per heavy atom. The predicted molar refractivity (Wildman–Crippen MR) is 113 cm³/mol. The van der Waals surface area contributed by atoms with E-state index in [-0.39, 0.29) is 5.91 Å². The van der Waals surface area contributed by atoms with Crippen LogP contribution >= 0.6 is 11.3 Å². The molecule has 0 saturated heterocycles. The van der Waals surface area contributed by atoms with Gasteiger partial charge in [0.05, 0.1) is 25.0 Å². The van der Waals surface area contributed by atoms with Crippen molar-refractivity contribution in [2.75, 3.05) is 24.4 Å². The highest BCUT2D eigenvalue weighted by molar-refractivity contribution is 7.14. The molecule has 0 aliphatic carbocycles. The molecule has 0 fully saturated rings. The summed E-state index contributed by atoms with van der Waals surface area (Å²) in [5.74, 6) is -0.0416. The number of esters is 1. The van der Waals surface area contributed by atoms with Crippen molar-refractivity contribution >= 4 is 39.7 Å². The Kier molecular flexibility index (Phi) is 6.46. The maximum Gasteiger partial charge on any atom is 0.338 e. The van der Waals surface area contributed by atoms with Gasteiger partial charge in [-0.1, -0.05) is 6.07 Å². The second kappa shape index (κ2) is 9.20. The van der Waals surface area contributed by atoms with Gasteiger partial charge in [-0.05, 0) is 55.8 Å². The molecule has 0 bridgehead atoms. The lowest BCUT2D eigenvalue weighted by Crippen LogP contribution is -2.12. The number of anilines is 3. The number of ether oxygens (including phenoxy) is 2. The van der Waals surface area contributed by atoms with Gasteiger partial charge in [-0.15, -0.1) is 11.3 Å². The SMILES string of the molecule is CCOC(=O)c1ccc(NC(=O)c2csc(Nc3cc(C)ccc3OC)n2)cc1. The van der Waals surface area contributed by atoms with Gasteiger partial charge < -0.3 is 20.1 Å². The number of aromatic nitrogens is 1. The largest absolute Gasteiger partial charge is 0.495 e. The number of aryl methyl sites for hydroxylation is 1. The van der Waals surface area contributed by atoms with Gasteiger partial charge in [0, 0.05) is 11.1 Å². The van der Waals surface area contributed by atoms with Gasteiger partial charge in [0.1, 0.15) is 11.4 Å². The van der Waals surface area contributed by atoms with E-state index in [0.717, 1.165) is 11.3 Å². The Morgan fingerprint density at radius 2 is 1.90 bits per heavy atom. The zero-order valence-corrected chi connectivity index (χ0v) is 17.1. The molecule has 0 aliphatic rings. The van der Waals surface area contributed by atoms with Crippen LogP contribution in [0.2, 0.25) is 0 Å². The molecule has 29 heavy (non-hydrogen) atoms. The van der Waals surface area contributed by atoms with Gasteiger partial charge in [0.15, 0.2) is 5.13 Å². The highest BCUT2D eigenvalue weighted by atomic mass is 32.1. The van der Waals surface area contributed by atoms with Gasteiger partial charge in [-0.2, -0.15) is 0 Å². The predicted octanol–water partition coefficient (Wildman–Crippen LogP) is 4.63. The summed E-state index contributed by atoms with van der Waals surface area (Å²) in [5.41, 5.74) is 3.14. The Morgan fingerprint density at radius 3 is 2.59 bits per heavy atom. The van der Waals surface area contributed by atoms with Crippen LogP contribution in [-0.4, -0.2) is 30.6 Å². The van der Waals surface area contributed by atoms with Crippen LogP contribution < -0.4 is 15.4 Å². The summed E-state index contributed by atoms with van der Waals surface area (Å²) in [6.45, 7) is 4.04. The number of carbonyl (C=O) groups excluding carboxylic acids is 2. The molecule has 150 valence electrons. The summed E-state index contributed by atoms with van der Waals surface area (Å²) in [5, 5.41) is 8.21. The second-order valence-electron chi connectivity index (χ2n) is 6.12. The first-order chi connectivity index (χ1) is 14.0. The van der Waals surface area contributed by atoms with E-state index in [1.54, 1.807) is 43.7 Å². The van der Waals surface area contributed by atoms with Crippen molar-refractivity contribution in [3.63, 3.8) is 0 Å². The molecule has 7 nitrogen and oxygen atoms in total. The van der Waals surface area contributed by atoms with Crippen molar-refractivity contribution < 1.29 is 19.1 Å². The molecule has 2 aromatic carbocycles. The lowest BCUT2D eigenvalue weighted by Gasteiger charge is -2.09. The number of thiazole rings is 1. The second-order valence-corrected chi connectivity index (χ2v) is 6.98. The minimum Gasteiger partial charge on any atom is -0.495 e. The van der Waals surface area contributed by atoms with Gasteiger partial charge in [0.2, 0.25) is 0 Å². The van der Waals surface area contributed by atoms with Gasteiger partial charge in [-0.25, -0.2) is 9.78 Å². The Balaban J connectivity index is 1.67. The van der Waals surface area contributed by atoms with E-state index in [1.807, 2.05) is 25.1 Å². The molecular weight excluding hydrogens is 390 g/mol. The third-order valence-electron chi connectivity index (χ3n) is 3.99. The van der Waals surface area contributed by atoms with E-state index in [0.29, 0.717) is 34.4 Å². The molecule has 0 atom stereocenters. The van der Waals surface area contributed by atoms with E-state index < -0.39 is 5.97 Å². The molecule has 0 radical (unpaired) electrons. The fourth-order valence-electron chi connectivity index (χ4n) is 2.57. The minimum absolute atomic E-state index is 0.290. The van der Waals surface area contributed by atoms with Gasteiger partial charge in [-0.3, -0.25) is 4.79 Å². The Bertz CT molecular complexity index is 1020. The number of hydrogen-bond donors (Lipinski definition) is 2.